The molecule has 2 rings (SSSR count). The number of anilines is 2. The van der Waals surface area contributed by atoms with Crippen molar-refractivity contribution in [3.05, 3.63) is 58.6 Å². The summed E-state index contributed by atoms with van der Waals surface area (Å²) < 4.78 is 0.942. The predicted molar refractivity (Wildman–Crippen MR) is 79.2 cm³/mol. The SMILES string of the molecule is CCN(c1ccccc1)c1ccc(CO)c(Br)c1. The van der Waals surface area contributed by atoms with Crippen LogP contribution in [0.1, 0.15) is 12.5 Å². The highest BCUT2D eigenvalue weighted by atomic mass is 79.9. The van der Waals surface area contributed by atoms with Crippen molar-refractivity contribution in [3.8, 4) is 0 Å². The van der Waals surface area contributed by atoms with Gasteiger partial charge >= 0.3 is 0 Å². The third-order valence-corrected chi connectivity index (χ3v) is 3.64. The molecule has 0 aliphatic carbocycles. The van der Waals surface area contributed by atoms with Gasteiger partial charge in [0.15, 0.2) is 0 Å². The number of nitrogens with zero attached hydrogens (tertiary/aromatic N) is 1. The second-order valence-corrected chi connectivity index (χ2v) is 4.87. The molecular formula is C15H16BrNO. The zero-order chi connectivity index (χ0) is 13.0. The van der Waals surface area contributed by atoms with Crippen LogP contribution in [-0.4, -0.2) is 11.7 Å². The van der Waals surface area contributed by atoms with E-state index in [0.717, 1.165) is 22.3 Å². The Balaban J connectivity index is 2.37. The Hall–Kier alpha value is -1.32. The summed E-state index contributed by atoms with van der Waals surface area (Å²) in [6.07, 6.45) is 0. The van der Waals surface area contributed by atoms with E-state index in [9.17, 15) is 5.11 Å². The number of benzene rings is 2. The van der Waals surface area contributed by atoms with Crippen molar-refractivity contribution < 1.29 is 5.11 Å². The molecule has 0 aliphatic heterocycles. The summed E-state index contributed by atoms with van der Waals surface area (Å²) in [4.78, 5) is 2.23. The fourth-order valence-electron chi connectivity index (χ4n) is 1.95. The molecule has 0 bridgehead atoms. The fourth-order valence-corrected chi connectivity index (χ4v) is 2.45. The first-order valence-electron chi connectivity index (χ1n) is 5.98. The van der Waals surface area contributed by atoms with E-state index in [1.807, 2.05) is 36.4 Å². The average Bonchev–Trinajstić information content (AvgIpc) is 2.41. The number of hydrogen-bond donors (Lipinski definition) is 1. The minimum Gasteiger partial charge on any atom is -0.392 e. The molecule has 0 atom stereocenters. The highest BCUT2D eigenvalue weighted by Crippen LogP contribution is 2.29. The van der Waals surface area contributed by atoms with Gasteiger partial charge in [0.25, 0.3) is 0 Å². The van der Waals surface area contributed by atoms with E-state index in [2.05, 4.69) is 39.9 Å². The minimum absolute atomic E-state index is 0.0539. The maximum absolute atomic E-state index is 9.18. The molecule has 0 saturated heterocycles. The summed E-state index contributed by atoms with van der Waals surface area (Å²) in [5.74, 6) is 0. The Labute approximate surface area is 116 Å². The predicted octanol–water partition coefficient (Wildman–Crippen LogP) is 4.10. The summed E-state index contributed by atoms with van der Waals surface area (Å²) in [6, 6.07) is 16.3. The number of aliphatic hydroxyl groups is 1. The largest absolute Gasteiger partial charge is 0.392 e. The summed E-state index contributed by atoms with van der Waals surface area (Å²) in [7, 11) is 0. The van der Waals surface area contributed by atoms with Crippen LogP contribution in [0.5, 0.6) is 0 Å². The Morgan fingerprint density at radius 3 is 2.33 bits per heavy atom. The number of rotatable bonds is 4. The molecule has 0 spiro atoms. The first-order chi connectivity index (χ1) is 8.76. The van der Waals surface area contributed by atoms with Gasteiger partial charge in [-0.25, -0.2) is 0 Å². The van der Waals surface area contributed by atoms with Gasteiger partial charge in [0, 0.05) is 22.4 Å². The van der Waals surface area contributed by atoms with E-state index in [1.54, 1.807) is 0 Å². The monoisotopic (exact) mass is 305 g/mol. The average molecular weight is 306 g/mol. The third-order valence-electron chi connectivity index (χ3n) is 2.90. The highest BCUT2D eigenvalue weighted by molar-refractivity contribution is 9.10. The zero-order valence-corrected chi connectivity index (χ0v) is 11.9. The van der Waals surface area contributed by atoms with Crippen LogP contribution < -0.4 is 4.90 Å². The van der Waals surface area contributed by atoms with Crippen molar-refractivity contribution in [2.24, 2.45) is 0 Å². The molecular weight excluding hydrogens is 290 g/mol. The lowest BCUT2D eigenvalue weighted by atomic mass is 10.2. The number of halogens is 1. The van der Waals surface area contributed by atoms with Crippen LogP contribution in [0.25, 0.3) is 0 Å². The molecule has 0 unspecified atom stereocenters. The quantitative estimate of drug-likeness (QED) is 0.919. The first-order valence-corrected chi connectivity index (χ1v) is 6.77. The minimum atomic E-state index is 0.0539. The van der Waals surface area contributed by atoms with Crippen molar-refractivity contribution >= 4 is 27.3 Å². The maximum atomic E-state index is 9.18. The molecule has 2 aromatic carbocycles. The topological polar surface area (TPSA) is 23.5 Å². The summed E-state index contributed by atoms with van der Waals surface area (Å²) in [5, 5.41) is 9.18. The van der Waals surface area contributed by atoms with Crippen molar-refractivity contribution in [1.29, 1.82) is 0 Å². The molecule has 3 heteroatoms. The van der Waals surface area contributed by atoms with E-state index in [-0.39, 0.29) is 6.61 Å². The molecule has 0 fully saturated rings. The normalized spacial score (nSPS) is 10.4. The van der Waals surface area contributed by atoms with Crippen LogP contribution in [0.4, 0.5) is 11.4 Å². The van der Waals surface area contributed by atoms with Crippen LogP contribution in [0, 0.1) is 0 Å². The smallest absolute Gasteiger partial charge is 0.0692 e. The molecule has 94 valence electrons. The van der Waals surface area contributed by atoms with Crippen molar-refractivity contribution in [1.82, 2.24) is 0 Å². The molecule has 0 amide bonds. The van der Waals surface area contributed by atoms with E-state index in [1.165, 1.54) is 5.69 Å². The third kappa shape index (κ3) is 2.74. The maximum Gasteiger partial charge on any atom is 0.0692 e. The molecule has 2 nitrogen and oxygen atoms in total. The van der Waals surface area contributed by atoms with Gasteiger partial charge in [-0.15, -0.1) is 0 Å². The van der Waals surface area contributed by atoms with Crippen LogP contribution in [0.15, 0.2) is 53.0 Å². The Morgan fingerprint density at radius 1 is 1.06 bits per heavy atom. The van der Waals surface area contributed by atoms with Crippen molar-refractivity contribution in [2.75, 3.05) is 11.4 Å². The Kier molecular flexibility index (Phi) is 4.39. The molecule has 0 radical (unpaired) electrons. The van der Waals surface area contributed by atoms with Gasteiger partial charge < -0.3 is 10.0 Å². The van der Waals surface area contributed by atoms with Crippen molar-refractivity contribution in [2.45, 2.75) is 13.5 Å². The van der Waals surface area contributed by atoms with Gasteiger partial charge in [0.2, 0.25) is 0 Å². The van der Waals surface area contributed by atoms with Crippen LogP contribution in [0.2, 0.25) is 0 Å². The number of aliphatic hydroxyl groups excluding tert-OH is 1. The summed E-state index contributed by atoms with van der Waals surface area (Å²) in [5.41, 5.74) is 3.19. The van der Waals surface area contributed by atoms with E-state index in [4.69, 9.17) is 0 Å². The van der Waals surface area contributed by atoms with Gasteiger partial charge in [0.1, 0.15) is 0 Å². The molecule has 1 N–H and O–H groups in total. The van der Waals surface area contributed by atoms with Crippen LogP contribution in [0.3, 0.4) is 0 Å². The molecule has 0 aliphatic rings. The zero-order valence-electron chi connectivity index (χ0n) is 10.3. The molecule has 0 heterocycles. The Morgan fingerprint density at radius 2 is 1.78 bits per heavy atom. The fraction of sp³-hybridized carbons (Fsp3) is 0.200. The lowest BCUT2D eigenvalue weighted by molar-refractivity contribution is 0.281. The molecule has 2 aromatic rings. The number of hydrogen-bond acceptors (Lipinski definition) is 2. The molecule has 0 saturated carbocycles. The first kappa shape index (κ1) is 13.1. The van der Waals surface area contributed by atoms with E-state index in [0.29, 0.717) is 0 Å². The van der Waals surface area contributed by atoms with Gasteiger partial charge in [0.05, 0.1) is 6.61 Å². The van der Waals surface area contributed by atoms with Gasteiger partial charge in [-0.3, -0.25) is 0 Å². The lowest BCUT2D eigenvalue weighted by Crippen LogP contribution is -2.15. The van der Waals surface area contributed by atoms with Gasteiger partial charge in [-0.1, -0.05) is 40.2 Å². The molecule has 18 heavy (non-hydrogen) atoms. The standard InChI is InChI=1S/C15H16BrNO/c1-2-17(13-6-4-3-5-7-13)14-9-8-12(11-18)15(16)10-14/h3-10,18H,2,11H2,1H3. The van der Waals surface area contributed by atoms with Crippen LogP contribution >= 0.6 is 15.9 Å². The van der Waals surface area contributed by atoms with Crippen LogP contribution in [-0.2, 0) is 6.61 Å². The highest BCUT2D eigenvalue weighted by Gasteiger charge is 2.08. The van der Waals surface area contributed by atoms with E-state index >= 15 is 0 Å². The van der Waals surface area contributed by atoms with Gasteiger partial charge in [-0.2, -0.15) is 0 Å². The second-order valence-electron chi connectivity index (χ2n) is 4.01. The molecule has 0 aromatic heterocycles. The van der Waals surface area contributed by atoms with E-state index < -0.39 is 0 Å². The van der Waals surface area contributed by atoms with Crippen molar-refractivity contribution in [3.63, 3.8) is 0 Å². The second kappa shape index (κ2) is 6.03. The summed E-state index contributed by atoms with van der Waals surface area (Å²) >= 11 is 3.49. The van der Waals surface area contributed by atoms with Gasteiger partial charge in [-0.05, 0) is 36.8 Å². The summed E-state index contributed by atoms with van der Waals surface area (Å²) in [6.45, 7) is 3.08. The Bertz CT molecular complexity index is 513. The number of para-hydroxylation sites is 1. The lowest BCUT2D eigenvalue weighted by Gasteiger charge is -2.24.